The van der Waals surface area contributed by atoms with Crippen LogP contribution in [0.5, 0.6) is 5.88 Å². The van der Waals surface area contributed by atoms with Gasteiger partial charge in [0.2, 0.25) is 5.88 Å². The quantitative estimate of drug-likeness (QED) is 0.801. The predicted molar refractivity (Wildman–Crippen MR) is 52.1 cm³/mol. The summed E-state index contributed by atoms with van der Waals surface area (Å²) in [5.74, 6) is 0.571. The van der Waals surface area contributed by atoms with Crippen LogP contribution in [0, 0.1) is 0 Å². The molecule has 0 fully saturated rings. The molecule has 0 aromatic carbocycles. The van der Waals surface area contributed by atoms with Crippen molar-refractivity contribution in [1.29, 1.82) is 0 Å². The number of aromatic nitrogens is 4. The van der Waals surface area contributed by atoms with E-state index in [2.05, 4.69) is 26.9 Å². The van der Waals surface area contributed by atoms with Gasteiger partial charge in [-0.3, -0.25) is 0 Å². The molecule has 1 N–H and O–H groups in total. The summed E-state index contributed by atoms with van der Waals surface area (Å²) in [5.41, 5.74) is 1.39. The van der Waals surface area contributed by atoms with Gasteiger partial charge in [0.15, 0.2) is 5.65 Å². The lowest BCUT2D eigenvalue weighted by molar-refractivity contribution is 0.211. The first-order chi connectivity index (χ1) is 6.81. The van der Waals surface area contributed by atoms with Gasteiger partial charge in [0.25, 0.3) is 0 Å². The summed E-state index contributed by atoms with van der Waals surface area (Å²) in [6.45, 7) is 4.07. The lowest BCUT2D eigenvalue weighted by Crippen LogP contribution is -2.11. The minimum atomic E-state index is 0.149. The highest BCUT2D eigenvalue weighted by Crippen LogP contribution is 2.18. The number of rotatable bonds is 3. The molecule has 2 aromatic heterocycles. The Morgan fingerprint density at radius 3 is 3.07 bits per heavy atom. The summed E-state index contributed by atoms with van der Waals surface area (Å²) in [5, 5.41) is 0. The van der Waals surface area contributed by atoms with Gasteiger partial charge in [0.1, 0.15) is 11.8 Å². The maximum Gasteiger partial charge on any atom is 0.243 e. The zero-order valence-corrected chi connectivity index (χ0v) is 8.19. The van der Waals surface area contributed by atoms with Gasteiger partial charge in [-0.15, -0.1) is 0 Å². The van der Waals surface area contributed by atoms with Gasteiger partial charge in [-0.1, -0.05) is 6.92 Å². The Morgan fingerprint density at radius 2 is 2.29 bits per heavy atom. The smallest absolute Gasteiger partial charge is 0.243 e. The van der Waals surface area contributed by atoms with E-state index < -0.39 is 0 Å². The second-order valence-corrected chi connectivity index (χ2v) is 3.12. The van der Waals surface area contributed by atoms with E-state index in [1.165, 1.54) is 6.33 Å². The van der Waals surface area contributed by atoms with Crippen molar-refractivity contribution in [3.8, 4) is 5.88 Å². The molecule has 5 heteroatoms. The Bertz CT molecular complexity index is 425. The molecule has 0 amide bonds. The molecule has 0 spiro atoms. The summed E-state index contributed by atoms with van der Waals surface area (Å²) in [4.78, 5) is 15.0. The number of imidazole rings is 1. The van der Waals surface area contributed by atoms with Crippen LogP contribution < -0.4 is 4.74 Å². The molecule has 14 heavy (non-hydrogen) atoms. The van der Waals surface area contributed by atoms with Crippen molar-refractivity contribution in [1.82, 2.24) is 19.9 Å². The van der Waals surface area contributed by atoms with Crippen molar-refractivity contribution in [3.63, 3.8) is 0 Å². The van der Waals surface area contributed by atoms with Gasteiger partial charge < -0.3 is 9.72 Å². The number of nitrogens with one attached hydrogen (secondary N) is 1. The highest BCUT2D eigenvalue weighted by molar-refractivity contribution is 5.74. The third-order valence-electron chi connectivity index (χ3n) is 2.08. The second kappa shape index (κ2) is 3.61. The molecule has 2 heterocycles. The SMILES string of the molecule is CCC(C)Oc1ncnc2nc[nH]c12. The van der Waals surface area contributed by atoms with Gasteiger partial charge in [0.05, 0.1) is 12.4 Å². The van der Waals surface area contributed by atoms with E-state index in [1.54, 1.807) is 6.33 Å². The molecule has 0 radical (unpaired) electrons. The minimum absolute atomic E-state index is 0.149. The van der Waals surface area contributed by atoms with Crippen LogP contribution in [0.4, 0.5) is 0 Å². The van der Waals surface area contributed by atoms with Crippen LogP contribution in [0.25, 0.3) is 11.2 Å². The largest absolute Gasteiger partial charge is 0.473 e. The fourth-order valence-corrected chi connectivity index (χ4v) is 1.11. The van der Waals surface area contributed by atoms with Crippen molar-refractivity contribution < 1.29 is 4.74 Å². The first kappa shape index (κ1) is 8.93. The fraction of sp³-hybridized carbons (Fsp3) is 0.444. The van der Waals surface area contributed by atoms with E-state index in [1.807, 2.05) is 6.92 Å². The molecule has 0 saturated carbocycles. The standard InChI is InChI=1S/C9H12N4O/c1-3-6(2)14-9-7-8(11-4-10-7)12-5-13-9/h4-6H,3H2,1-2H3,(H,10,11,12,13). The number of fused-ring (bicyclic) bond motifs is 1. The Labute approximate surface area is 81.6 Å². The molecule has 1 atom stereocenters. The van der Waals surface area contributed by atoms with Crippen molar-refractivity contribution in [3.05, 3.63) is 12.7 Å². The van der Waals surface area contributed by atoms with Gasteiger partial charge in [-0.25, -0.2) is 9.97 Å². The van der Waals surface area contributed by atoms with Crippen LogP contribution in [0.3, 0.4) is 0 Å². The van der Waals surface area contributed by atoms with E-state index in [4.69, 9.17) is 4.74 Å². The minimum Gasteiger partial charge on any atom is -0.473 e. The lowest BCUT2D eigenvalue weighted by atomic mass is 10.3. The summed E-state index contributed by atoms with van der Waals surface area (Å²) >= 11 is 0. The number of H-pyrrole nitrogens is 1. The van der Waals surface area contributed by atoms with E-state index in [0.29, 0.717) is 11.5 Å². The van der Waals surface area contributed by atoms with Crippen molar-refractivity contribution in [2.45, 2.75) is 26.4 Å². The number of aromatic amines is 1. The van der Waals surface area contributed by atoms with E-state index >= 15 is 0 Å². The van der Waals surface area contributed by atoms with Crippen LogP contribution in [-0.2, 0) is 0 Å². The van der Waals surface area contributed by atoms with Crippen LogP contribution >= 0.6 is 0 Å². The Morgan fingerprint density at radius 1 is 1.43 bits per heavy atom. The van der Waals surface area contributed by atoms with Crippen molar-refractivity contribution in [2.24, 2.45) is 0 Å². The van der Waals surface area contributed by atoms with Gasteiger partial charge in [0, 0.05) is 0 Å². The number of ether oxygens (including phenoxy) is 1. The number of hydrogen-bond acceptors (Lipinski definition) is 4. The topological polar surface area (TPSA) is 63.7 Å². The summed E-state index contributed by atoms with van der Waals surface area (Å²) in [6.07, 6.45) is 4.14. The molecule has 0 aliphatic rings. The predicted octanol–water partition coefficient (Wildman–Crippen LogP) is 1.53. The Balaban J connectivity index is 2.36. The first-order valence-electron chi connectivity index (χ1n) is 4.62. The van der Waals surface area contributed by atoms with E-state index in [9.17, 15) is 0 Å². The molecule has 0 aliphatic heterocycles. The third-order valence-corrected chi connectivity index (χ3v) is 2.08. The fourth-order valence-electron chi connectivity index (χ4n) is 1.11. The molecule has 74 valence electrons. The molecule has 0 saturated heterocycles. The molecular weight excluding hydrogens is 180 g/mol. The highest BCUT2D eigenvalue weighted by atomic mass is 16.5. The van der Waals surface area contributed by atoms with Crippen molar-refractivity contribution >= 4 is 11.2 Å². The summed E-state index contributed by atoms with van der Waals surface area (Å²) in [7, 11) is 0. The zero-order valence-electron chi connectivity index (χ0n) is 8.19. The average molecular weight is 192 g/mol. The molecule has 0 bridgehead atoms. The van der Waals surface area contributed by atoms with Crippen LogP contribution in [-0.4, -0.2) is 26.0 Å². The molecule has 0 aliphatic carbocycles. The molecular formula is C9H12N4O. The maximum absolute atomic E-state index is 5.61. The first-order valence-corrected chi connectivity index (χ1v) is 4.62. The van der Waals surface area contributed by atoms with E-state index in [0.717, 1.165) is 11.9 Å². The van der Waals surface area contributed by atoms with Gasteiger partial charge in [-0.2, -0.15) is 4.98 Å². The van der Waals surface area contributed by atoms with Crippen LogP contribution in [0.15, 0.2) is 12.7 Å². The third kappa shape index (κ3) is 1.53. The molecule has 2 rings (SSSR count). The summed E-state index contributed by atoms with van der Waals surface area (Å²) in [6, 6.07) is 0. The van der Waals surface area contributed by atoms with Gasteiger partial charge in [-0.05, 0) is 13.3 Å². The lowest BCUT2D eigenvalue weighted by Gasteiger charge is -2.10. The average Bonchev–Trinajstić information content (AvgIpc) is 2.66. The van der Waals surface area contributed by atoms with Crippen LogP contribution in [0.1, 0.15) is 20.3 Å². The second-order valence-electron chi connectivity index (χ2n) is 3.12. The summed E-state index contributed by atoms with van der Waals surface area (Å²) < 4.78 is 5.61. The van der Waals surface area contributed by atoms with Crippen molar-refractivity contribution in [2.75, 3.05) is 0 Å². The Kier molecular flexibility index (Phi) is 2.30. The molecule has 5 nitrogen and oxygen atoms in total. The Hall–Kier alpha value is -1.65. The maximum atomic E-state index is 5.61. The van der Waals surface area contributed by atoms with Crippen LogP contribution in [0.2, 0.25) is 0 Å². The van der Waals surface area contributed by atoms with Gasteiger partial charge >= 0.3 is 0 Å². The monoisotopic (exact) mass is 192 g/mol. The molecule has 2 aromatic rings. The van der Waals surface area contributed by atoms with E-state index in [-0.39, 0.29) is 6.10 Å². The zero-order chi connectivity index (χ0) is 9.97. The molecule has 1 unspecified atom stereocenters. The number of nitrogens with zero attached hydrogens (tertiary/aromatic N) is 3. The number of hydrogen-bond donors (Lipinski definition) is 1. The highest BCUT2D eigenvalue weighted by Gasteiger charge is 2.09. The normalized spacial score (nSPS) is 13.0.